The van der Waals surface area contributed by atoms with E-state index in [2.05, 4.69) is 48.5 Å². The van der Waals surface area contributed by atoms with Crippen molar-refractivity contribution in [2.24, 2.45) is 0 Å². The number of hydrogen-bond donors (Lipinski definition) is 0. The molecule has 0 saturated heterocycles. The SMILES string of the molecule is [2H]c1c([2H])c([2H])c2c(oc3c(-c4ccccc4)c([2H])c([2H])c(-c4c5ccccc5c(-c5ccc(-c6ccccc6)cc5)c5ccccc45)c32)c1[2H]. The Hall–Kier alpha value is -5.92. The fourth-order valence-corrected chi connectivity index (χ4v) is 6.64. The minimum absolute atomic E-state index is 0.00293. The highest BCUT2D eigenvalue weighted by Gasteiger charge is 2.22. The molecule has 0 fully saturated rings. The van der Waals surface area contributed by atoms with Crippen molar-refractivity contribution in [2.75, 3.05) is 0 Å². The molecule has 0 amide bonds. The second-order valence-corrected chi connectivity index (χ2v) is 11.2. The third-order valence-corrected chi connectivity index (χ3v) is 8.65. The van der Waals surface area contributed by atoms with Crippen LogP contribution in [0, 0.1) is 0 Å². The van der Waals surface area contributed by atoms with Crippen LogP contribution in [-0.2, 0) is 0 Å². The Bertz CT molecular complexity index is 2790. The van der Waals surface area contributed by atoms with Gasteiger partial charge in [0.1, 0.15) is 11.2 Å². The topological polar surface area (TPSA) is 13.1 Å². The molecule has 0 atom stereocenters. The number of hydrogen-bond acceptors (Lipinski definition) is 1. The molecule has 1 heteroatoms. The number of para-hydroxylation sites is 1. The van der Waals surface area contributed by atoms with E-state index in [1.165, 1.54) is 0 Å². The quantitative estimate of drug-likeness (QED) is 0.189. The molecule has 0 aliphatic carbocycles. The molecule has 8 aromatic carbocycles. The number of furan rings is 1. The van der Waals surface area contributed by atoms with E-state index in [4.69, 9.17) is 9.90 Å². The van der Waals surface area contributed by atoms with Crippen molar-refractivity contribution in [1.82, 2.24) is 0 Å². The van der Waals surface area contributed by atoms with E-state index in [9.17, 15) is 2.74 Å². The van der Waals surface area contributed by atoms with Crippen molar-refractivity contribution < 1.29 is 12.6 Å². The highest BCUT2D eigenvalue weighted by molar-refractivity contribution is 6.26. The van der Waals surface area contributed by atoms with Gasteiger partial charge in [0.25, 0.3) is 0 Å². The number of benzene rings is 8. The summed E-state index contributed by atoms with van der Waals surface area (Å²) in [4.78, 5) is 0. The normalized spacial score (nSPS) is 13.4. The molecule has 0 N–H and O–H groups in total. The molecule has 0 aliphatic heterocycles. The maximum atomic E-state index is 9.69. The molecule has 9 rings (SSSR count). The largest absolute Gasteiger partial charge is 0.455 e. The molecule has 0 unspecified atom stereocenters. The highest BCUT2D eigenvalue weighted by atomic mass is 16.3. The Morgan fingerprint density at radius 2 is 0.867 bits per heavy atom. The van der Waals surface area contributed by atoms with E-state index in [-0.39, 0.29) is 46.8 Å². The lowest BCUT2D eigenvalue weighted by Crippen LogP contribution is -1.92. The second-order valence-electron chi connectivity index (χ2n) is 11.2. The number of rotatable bonds is 4. The van der Waals surface area contributed by atoms with Crippen molar-refractivity contribution in [1.29, 1.82) is 0 Å². The van der Waals surface area contributed by atoms with Crippen molar-refractivity contribution in [3.05, 3.63) is 170 Å². The molecule has 0 saturated carbocycles. The van der Waals surface area contributed by atoms with Gasteiger partial charge in [-0.25, -0.2) is 0 Å². The summed E-state index contributed by atoms with van der Waals surface area (Å²) < 4.78 is 60.5. The molecule has 0 radical (unpaired) electrons. The van der Waals surface area contributed by atoms with Gasteiger partial charge in [-0.15, -0.1) is 0 Å². The summed E-state index contributed by atoms with van der Waals surface area (Å²) in [6.07, 6.45) is 0. The van der Waals surface area contributed by atoms with E-state index in [0.29, 0.717) is 27.6 Å². The van der Waals surface area contributed by atoms with Crippen molar-refractivity contribution in [3.8, 4) is 44.5 Å². The van der Waals surface area contributed by atoms with E-state index < -0.39 is 6.04 Å². The summed E-state index contributed by atoms with van der Waals surface area (Å²) in [5.41, 5.74) is 6.73. The minimum atomic E-state index is -0.398. The van der Waals surface area contributed by atoms with Crippen LogP contribution in [-0.4, -0.2) is 0 Å². The van der Waals surface area contributed by atoms with Crippen LogP contribution < -0.4 is 0 Å². The van der Waals surface area contributed by atoms with Gasteiger partial charge in [0, 0.05) is 16.3 Å². The lowest BCUT2D eigenvalue weighted by Gasteiger charge is -2.19. The van der Waals surface area contributed by atoms with Gasteiger partial charge in [0.2, 0.25) is 0 Å². The molecular weight excluding hydrogens is 544 g/mol. The Kier molecular flexibility index (Phi) is 4.63. The first-order valence-corrected chi connectivity index (χ1v) is 15.0. The molecule has 210 valence electrons. The third-order valence-electron chi connectivity index (χ3n) is 8.65. The van der Waals surface area contributed by atoms with Crippen LogP contribution in [0.4, 0.5) is 0 Å². The summed E-state index contributed by atoms with van der Waals surface area (Å²) in [5, 5.41) is 4.22. The first-order chi connectivity index (χ1) is 24.8. The van der Waals surface area contributed by atoms with E-state index in [1.54, 1.807) is 0 Å². The van der Waals surface area contributed by atoms with Gasteiger partial charge in [-0.3, -0.25) is 0 Å². The van der Waals surface area contributed by atoms with Gasteiger partial charge in [0.05, 0.1) is 8.22 Å². The van der Waals surface area contributed by atoms with Gasteiger partial charge >= 0.3 is 0 Å². The van der Waals surface area contributed by atoms with Crippen LogP contribution in [0.5, 0.6) is 0 Å². The predicted octanol–water partition coefficient (Wildman–Crippen LogP) is 12.6. The fraction of sp³-hybridized carbons (Fsp3) is 0. The van der Waals surface area contributed by atoms with Gasteiger partial charge in [0.15, 0.2) is 0 Å². The Labute approximate surface area is 270 Å². The fourth-order valence-electron chi connectivity index (χ4n) is 6.64. The Morgan fingerprint density at radius 3 is 1.51 bits per heavy atom. The summed E-state index contributed by atoms with van der Waals surface area (Å²) >= 11 is 0. The van der Waals surface area contributed by atoms with Crippen molar-refractivity contribution >= 4 is 43.5 Å². The van der Waals surface area contributed by atoms with Crippen LogP contribution in [0.3, 0.4) is 0 Å². The molecule has 9 aromatic rings. The Morgan fingerprint density at radius 1 is 0.378 bits per heavy atom. The maximum Gasteiger partial charge on any atom is 0.143 e. The first-order valence-electron chi connectivity index (χ1n) is 18.0. The summed E-state index contributed by atoms with van der Waals surface area (Å²) in [5.74, 6) is 0. The third kappa shape index (κ3) is 4.09. The van der Waals surface area contributed by atoms with Crippen LogP contribution in [0.25, 0.3) is 88.0 Å². The van der Waals surface area contributed by atoms with Gasteiger partial charge in [-0.1, -0.05) is 158 Å². The lowest BCUT2D eigenvalue weighted by atomic mass is 9.84. The monoisotopic (exact) mass is 578 g/mol. The summed E-state index contributed by atoms with van der Waals surface area (Å²) in [6.45, 7) is 0. The van der Waals surface area contributed by atoms with E-state index >= 15 is 0 Å². The minimum Gasteiger partial charge on any atom is -0.455 e. The molecular formula is C44H28O. The zero-order chi connectivity index (χ0) is 35.0. The zero-order valence-electron chi connectivity index (χ0n) is 30.1. The average Bonchev–Trinajstić information content (AvgIpc) is 3.57. The van der Waals surface area contributed by atoms with Crippen molar-refractivity contribution in [2.45, 2.75) is 0 Å². The molecule has 1 aromatic heterocycles. The average molecular weight is 579 g/mol. The summed E-state index contributed by atoms with van der Waals surface area (Å²) in [6, 6.07) is 42.8. The van der Waals surface area contributed by atoms with Crippen molar-refractivity contribution in [3.63, 3.8) is 0 Å². The zero-order valence-corrected chi connectivity index (χ0v) is 24.1. The number of fused-ring (bicyclic) bond motifs is 5. The molecule has 1 heterocycles. The van der Waals surface area contributed by atoms with Crippen LogP contribution in [0.1, 0.15) is 8.22 Å². The highest BCUT2D eigenvalue weighted by Crippen LogP contribution is 2.48. The molecule has 0 bridgehead atoms. The van der Waals surface area contributed by atoms with Crippen LogP contribution >= 0.6 is 0 Å². The van der Waals surface area contributed by atoms with Gasteiger partial charge in [-0.05, 0) is 72.6 Å². The summed E-state index contributed by atoms with van der Waals surface area (Å²) in [7, 11) is 0. The first kappa shape index (κ1) is 20.1. The Balaban J connectivity index is 1.44. The van der Waals surface area contributed by atoms with E-state index in [1.807, 2.05) is 84.9 Å². The van der Waals surface area contributed by atoms with Gasteiger partial charge in [-0.2, -0.15) is 0 Å². The predicted molar refractivity (Wildman–Crippen MR) is 190 cm³/mol. The van der Waals surface area contributed by atoms with Crippen LogP contribution in [0.2, 0.25) is 0 Å². The maximum absolute atomic E-state index is 9.69. The molecule has 1 nitrogen and oxygen atoms in total. The van der Waals surface area contributed by atoms with Crippen LogP contribution in [0.15, 0.2) is 174 Å². The molecule has 0 aliphatic rings. The smallest absolute Gasteiger partial charge is 0.143 e. The second kappa shape index (κ2) is 10.4. The van der Waals surface area contributed by atoms with Gasteiger partial charge < -0.3 is 4.42 Å². The molecule has 0 spiro atoms. The lowest BCUT2D eigenvalue weighted by molar-refractivity contribution is 0.670. The van der Waals surface area contributed by atoms with E-state index in [0.717, 1.165) is 43.8 Å². The standard InChI is InChI=1S/C44H28O/c1-3-13-29(14-4-1)30-23-25-32(26-24-30)41-34-17-7-9-19-36(34)42(37-20-10-8-18-35(37)41)39-28-27-33(31-15-5-2-6-16-31)44-43(39)38-21-11-12-22-40(38)45-44/h1-28H/i11D,12D,21D,22D,27D,28D. The molecule has 45 heavy (non-hydrogen) atoms.